The summed E-state index contributed by atoms with van der Waals surface area (Å²) in [5.74, 6) is 0. The third kappa shape index (κ3) is 3.84. The molecule has 0 bridgehead atoms. The fraction of sp³-hybridized carbons (Fsp3) is 0.529. The number of nitrogens with one attached hydrogen (secondary N) is 1. The Morgan fingerprint density at radius 2 is 2.05 bits per heavy atom. The molecule has 3 rings (SSSR count). The highest BCUT2D eigenvalue weighted by molar-refractivity contribution is 5.83. The molecule has 4 nitrogen and oxygen atoms in total. The van der Waals surface area contributed by atoms with Crippen molar-refractivity contribution >= 4 is 10.9 Å². The number of methoxy groups -OCH3 is 1. The Morgan fingerprint density at radius 3 is 2.86 bits per heavy atom. The van der Waals surface area contributed by atoms with Crippen molar-refractivity contribution in [2.75, 3.05) is 26.9 Å². The zero-order chi connectivity index (χ0) is 14.5. The van der Waals surface area contributed by atoms with Crippen LogP contribution in [0, 0.1) is 0 Å². The molecule has 1 aliphatic rings. The van der Waals surface area contributed by atoms with E-state index in [1.165, 1.54) is 29.3 Å². The predicted molar refractivity (Wildman–Crippen MR) is 84.5 cm³/mol. The topological polar surface area (TPSA) is 35.4 Å². The van der Waals surface area contributed by atoms with Crippen molar-refractivity contribution in [3.63, 3.8) is 0 Å². The highest BCUT2D eigenvalue weighted by atomic mass is 16.5. The SMILES string of the molecule is COCCOCCn1cc(CNC2CC2)c2ccccc21. The number of rotatable bonds is 9. The number of hydrogen-bond acceptors (Lipinski definition) is 3. The summed E-state index contributed by atoms with van der Waals surface area (Å²) < 4.78 is 12.9. The predicted octanol–water partition coefficient (Wildman–Crippen LogP) is 2.56. The van der Waals surface area contributed by atoms with Crippen molar-refractivity contribution in [1.82, 2.24) is 9.88 Å². The van der Waals surface area contributed by atoms with Crippen LogP contribution in [0.15, 0.2) is 30.5 Å². The minimum atomic E-state index is 0.656. The second-order valence-electron chi connectivity index (χ2n) is 5.63. The standard InChI is InChI=1S/C17H24N2O2/c1-20-10-11-21-9-8-19-13-14(12-18-15-6-7-15)16-4-2-3-5-17(16)19/h2-5,13,15,18H,6-12H2,1H3. The Morgan fingerprint density at radius 1 is 1.19 bits per heavy atom. The van der Waals surface area contributed by atoms with E-state index in [1.807, 2.05) is 0 Å². The lowest BCUT2D eigenvalue weighted by atomic mass is 10.2. The van der Waals surface area contributed by atoms with Crippen molar-refractivity contribution in [1.29, 1.82) is 0 Å². The minimum absolute atomic E-state index is 0.656. The molecule has 1 heterocycles. The van der Waals surface area contributed by atoms with E-state index in [0.29, 0.717) is 13.2 Å². The summed E-state index contributed by atoms with van der Waals surface area (Å²) in [5.41, 5.74) is 2.68. The van der Waals surface area contributed by atoms with Crippen molar-refractivity contribution in [3.05, 3.63) is 36.0 Å². The van der Waals surface area contributed by atoms with Crippen LogP contribution >= 0.6 is 0 Å². The van der Waals surface area contributed by atoms with E-state index in [-0.39, 0.29) is 0 Å². The fourth-order valence-corrected chi connectivity index (χ4v) is 2.60. The first-order valence-corrected chi connectivity index (χ1v) is 7.75. The van der Waals surface area contributed by atoms with Gasteiger partial charge in [0.05, 0.1) is 19.8 Å². The molecular formula is C17H24N2O2. The second kappa shape index (κ2) is 7.07. The smallest absolute Gasteiger partial charge is 0.0701 e. The van der Waals surface area contributed by atoms with Gasteiger partial charge in [0.1, 0.15) is 0 Å². The van der Waals surface area contributed by atoms with Crippen LogP contribution in [-0.4, -0.2) is 37.5 Å². The van der Waals surface area contributed by atoms with Crippen LogP contribution in [0.2, 0.25) is 0 Å². The maximum atomic E-state index is 5.58. The molecule has 2 aromatic rings. The van der Waals surface area contributed by atoms with Gasteiger partial charge in [0.25, 0.3) is 0 Å². The van der Waals surface area contributed by atoms with Crippen LogP contribution < -0.4 is 5.32 Å². The van der Waals surface area contributed by atoms with Crippen LogP contribution in [0.1, 0.15) is 18.4 Å². The largest absolute Gasteiger partial charge is 0.382 e. The summed E-state index contributed by atoms with van der Waals surface area (Å²) in [6, 6.07) is 9.35. The third-order valence-electron chi connectivity index (χ3n) is 3.94. The van der Waals surface area contributed by atoms with Crippen LogP contribution in [0.25, 0.3) is 10.9 Å². The van der Waals surface area contributed by atoms with Crippen LogP contribution in [0.3, 0.4) is 0 Å². The molecule has 1 aliphatic carbocycles. The zero-order valence-corrected chi connectivity index (χ0v) is 12.7. The summed E-state index contributed by atoms with van der Waals surface area (Å²) in [4.78, 5) is 0. The van der Waals surface area contributed by atoms with Gasteiger partial charge in [-0.25, -0.2) is 0 Å². The van der Waals surface area contributed by atoms with Gasteiger partial charge < -0.3 is 19.4 Å². The van der Waals surface area contributed by atoms with Crippen LogP contribution in [0.4, 0.5) is 0 Å². The van der Waals surface area contributed by atoms with Crippen molar-refractivity contribution in [2.24, 2.45) is 0 Å². The maximum Gasteiger partial charge on any atom is 0.0701 e. The van der Waals surface area contributed by atoms with E-state index in [2.05, 4.69) is 40.3 Å². The molecule has 0 saturated heterocycles. The molecule has 0 unspecified atom stereocenters. The molecular weight excluding hydrogens is 264 g/mol. The quantitative estimate of drug-likeness (QED) is 0.720. The number of benzene rings is 1. The molecule has 1 fully saturated rings. The lowest BCUT2D eigenvalue weighted by Crippen LogP contribution is -2.15. The molecule has 0 spiro atoms. The number of fused-ring (bicyclic) bond motifs is 1. The van der Waals surface area contributed by atoms with Gasteiger partial charge >= 0.3 is 0 Å². The molecule has 21 heavy (non-hydrogen) atoms. The molecule has 1 saturated carbocycles. The summed E-state index contributed by atoms with van der Waals surface area (Å²) in [6.07, 6.45) is 4.91. The van der Waals surface area contributed by atoms with Gasteiger partial charge in [0.2, 0.25) is 0 Å². The average Bonchev–Trinajstić information content (AvgIpc) is 3.28. The monoisotopic (exact) mass is 288 g/mol. The molecule has 1 N–H and O–H groups in total. The molecule has 1 aromatic heterocycles. The first-order valence-electron chi connectivity index (χ1n) is 7.75. The number of aromatic nitrogens is 1. The summed E-state index contributed by atoms with van der Waals surface area (Å²) in [7, 11) is 1.70. The Kier molecular flexibility index (Phi) is 4.91. The number of hydrogen-bond donors (Lipinski definition) is 1. The Balaban J connectivity index is 1.65. The molecule has 114 valence electrons. The minimum Gasteiger partial charge on any atom is -0.382 e. The van der Waals surface area contributed by atoms with Crippen molar-refractivity contribution < 1.29 is 9.47 Å². The van der Waals surface area contributed by atoms with Crippen molar-refractivity contribution in [3.8, 4) is 0 Å². The summed E-state index contributed by atoms with van der Waals surface area (Å²) >= 11 is 0. The second-order valence-corrected chi connectivity index (χ2v) is 5.63. The van der Waals surface area contributed by atoms with E-state index >= 15 is 0 Å². The Labute approximate surface area is 126 Å². The molecule has 0 atom stereocenters. The van der Waals surface area contributed by atoms with E-state index in [1.54, 1.807) is 7.11 Å². The van der Waals surface area contributed by atoms with Gasteiger partial charge in [-0.15, -0.1) is 0 Å². The summed E-state index contributed by atoms with van der Waals surface area (Å²) in [5, 5.41) is 4.95. The first-order chi connectivity index (χ1) is 10.4. The maximum absolute atomic E-state index is 5.58. The normalized spacial score (nSPS) is 14.9. The van der Waals surface area contributed by atoms with Gasteiger partial charge in [0, 0.05) is 43.3 Å². The highest BCUT2D eigenvalue weighted by Gasteiger charge is 2.20. The lowest BCUT2D eigenvalue weighted by molar-refractivity contribution is 0.0670. The third-order valence-corrected chi connectivity index (χ3v) is 3.94. The van der Waals surface area contributed by atoms with Crippen LogP contribution in [0.5, 0.6) is 0 Å². The molecule has 0 amide bonds. The molecule has 0 aliphatic heterocycles. The van der Waals surface area contributed by atoms with Crippen molar-refractivity contribution in [2.45, 2.75) is 32.0 Å². The van der Waals surface area contributed by atoms with Gasteiger partial charge in [-0.3, -0.25) is 0 Å². The summed E-state index contributed by atoms with van der Waals surface area (Å²) in [6.45, 7) is 3.88. The Bertz CT molecular complexity index is 575. The zero-order valence-electron chi connectivity index (χ0n) is 12.7. The number of nitrogens with zero attached hydrogens (tertiary/aromatic N) is 1. The van der Waals surface area contributed by atoms with Crippen LogP contribution in [-0.2, 0) is 22.6 Å². The molecule has 4 heteroatoms. The van der Waals surface area contributed by atoms with E-state index in [9.17, 15) is 0 Å². The fourth-order valence-electron chi connectivity index (χ4n) is 2.60. The van der Waals surface area contributed by atoms with Gasteiger partial charge in [0.15, 0.2) is 0 Å². The number of ether oxygens (including phenoxy) is 2. The lowest BCUT2D eigenvalue weighted by Gasteiger charge is -2.06. The highest BCUT2D eigenvalue weighted by Crippen LogP contribution is 2.24. The van der Waals surface area contributed by atoms with Gasteiger partial charge in [-0.05, 0) is 24.5 Å². The first kappa shape index (κ1) is 14.6. The van der Waals surface area contributed by atoms with E-state index in [0.717, 1.165) is 25.7 Å². The average molecular weight is 288 g/mol. The molecule has 1 aromatic carbocycles. The number of para-hydroxylation sites is 1. The van der Waals surface area contributed by atoms with Gasteiger partial charge in [-0.1, -0.05) is 18.2 Å². The Hall–Kier alpha value is -1.36. The van der Waals surface area contributed by atoms with Gasteiger partial charge in [-0.2, -0.15) is 0 Å². The van der Waals surface area contributed by atoms with E-state index in [4.69, 9.17) is 9.47 Å². The molecule has 0 radical (unpaired) electrons. The van der Waals surface area contributed by atoms with E-state index < -0.39 is 0 Å².